The Morgan fingerprint density at radius 2 is 1.88 bits per heavy atom. The van der Waals surface area contributed by atoms with Crippen LogP contribution in [0.4, 0.5) is 4.79 Å². The van der Waals surface area contributed by atoms with E-state index in [1.807, 2.05) is 7.05 Å². The molecule has 1 saturated carbocycles. The van der Waals surface area contributed by atoms with Gasteiger partial charge in [0.1, 0.15) is 12.1 Å². The number of hydrogen-bond donors (Lipinski definition) is 1. The summed E-state index contributed by atoms with van der Waals surface area (Å²) in [6.07, 6.45) is 6.45. The minimum absolute atomic E-state index is 0. The third-order valence-corrected chi connectivity index (χ3v) is 5.96. The molecule has 3 fully saturated rings. The Bertz CT molecular complexity index is 536. The van der Waals surface area contributed by atoms with Crippen LogP contribution < -0.4 is 5.32 Å². The zero-order valence-corrected chi connectivity index (χ0v) is 15.9. The van der Waals surface area contributed by atoms with Crippen LogP contribution >= 0.6 is 12.4 Å². The molecule has 25 heavy (non-hydrogen) atoms. The van der Waals surface area contributed by atoms with E-state index in [2.05, 4.69) is 5.32 Å². The Labute approximate surface area is 155 Å². The normalized spacial score (nSPS) is 26.2. The Balaban J connectivity index is 0.00000225. The summed E-state index contributed by atoms with van der Waals surface area (Å²) in [4.78, 5) is 42.6. The quantitative estimate of drug-likeness (QED) is 0.756. The van der Waals surface area contributed by atoms with Crippen LogP contribution in [0.2, 0.25) is 0 Å². The molecule has 1 aliphatic carbocycles. The zero-order chi connectivity index (χ0) is 17.3. The molecule has 0 radical (unpaired) electrons. The number of piperidine rings is 1. The van der Waals surface area contributed by atoms with Crippen LogP contribution in [-0.2, 0) is 9.59 Å². The number of amides is 4. The number of likely N-dealkylation sites (N-methyl/N-ethyl adjacent to an activating group) is 2. The SMILES string of the molecule is CNC1CCCN(C(=O)CN2C(=O)N(C)C3(CCCCC3)C2=O)C1.Cl. The molecule has 3 aliphatic rings. The number of nitrogens with zero attached hydrogens (tertiary/aromatic N) is 3. The van der Waals surface area contributed by atoms with E-state index in [1.165, 1.54) is 4.90 Å². The van der Waals surface area contributed by atoms with Gasteiger partial charge in [0.15, 0.2) is 0 Å². The first-order valence-corrected chi connectivity index (χ1v) is 9.04. The maximum atomic E-state index is 12.9. The molecule has 2 saturated heterocycles. The summed E-state index contributed by atoms with van der Waals surface area (Å²) in [5, 5.41) is 3.20. The number of rotatable bonds is 3. The summed E-state index contributed by atoms with van der Waals surface area (Å²) in [6, 6.07) is -0.0301. The molecule has 2 heterocycles. The topological polar surface area (TPSA) is 73.0 Å². The summed E-state index contributed by atoms with van der Waals surface area (Å²) in [6.45, 7) is 1.22. The van der Waals surface area contributed by atoms with E-state index < -0.39 is 5.54 Å². The lowest BCUT2D eigenvalue weighted by Gasteiger charge is -2.36. The van der Waals surface area contributed by atoms with Gasteiger partial charge < -0.3 is 15.1 Å². The Kier molecular flexibility index (Phi) is 6.32. The van der Waals surface area contributed by atoms with Crippen molar-refractivity contribution in [3.63, 3.8) is 0 Å². The van der Waals surface area contributed by atoms with Gasteiger partial charge in [0, 0.05) is 26.2 Å². The first kappa shape index (κ1) is 20.0. The van der Waals surface area contributed by atoms with E-state index in [-0.39, 0.29) is 36.8 Å². The number of carbonyl (C=O) groups is 3. The van der Waals surface area contributed by atoms with Crippen molar-refractivity contribution >= 4 is 30.3 Å². The van der Waals surface area contributed by atoms with Crippen molar-refractivity contribution in [1.82, 2.24) is 20.0 Å². The Morgan fingerprint density at radius 3 is 2.52 bits per heavy atom. The first-order chi connectivity index (χ1) is 11.5. The number of hydrogen-bond acceptors (Lipinski definition) is 4. The molecule has 1 unspecified atom stereocenters. The highest BCUT2D eigenvalue weighted by Gasteiger charge is 2.56. The average molecular weight is 373 g/mol. The number of urea groups is 1. The minimum Gasteiger partial charge on any atom is -0.340 e. The van der Waals surface area contributed by atoms with Crippen LogP contribution in [0.1, 0.15) is 44.9 Å². The second-order valence-corrected chi connectivity index (χ2v) is 7.29. The lowest BCUT2D eigenvalue weighted by molar-refractivity contribution is -0.141. The van der Waals surface area contributed by atoms with Gasteiger partial charge in [0.05, 0.1) is 0 Å². The highest BCUT2D eigenvalue weighted by Crippen LogP contribution is 2.39. The van der Waals surface area contributed by atoms with Gasteiger partial charge in [-0.2, -0.15) is 0 Å². The molecule has 0 aromatic heterocycles. The molecule has 4 amide bonds. The standard InChI is InChI=1S/C17H28N4O3.ClH/c1-18-13-7-6-10-20(11-13)14(22)12-21-15(23)17(19(2)16(21)24)8-4-3-5-9-17;/h13,18H,3-12H2,1-2H3;1H. The summed E-state index contributed by atoms with van der Waals surface area (Å²) in [5.74, 6) is -0.303. The van der Waals surface area contributed by atoms with Gasteiger partial charge in [0.25, 0.3) is 5.91 Å². The maximum Gasteiger partial charge on any atom is 0.327 e. The number of halogens is 1. The first-order valence-electron chi connectivity index (χ1n) is 9.04. The van der Waals surface area contributed by atoms with Gasteiger partial charge in [0.2, 0.25) is 5.91 Å². The van der Waals surface area contributed by atoms with Gasteiger partial charge >= 0.3 is 6.03 Å². The van der Waals surface area contributed by atoms with E-state index in [9.17, 15) is 14.4 Å². The molecular weight excluding hydrogens is 344 g/mol. The van der Waals surface area contributed by atoms with Gasteiger partial charge in [-0.25, -0.2) is 4.79 Å². The fraction of sp³-hybridized carbons (Fsp3) is 0.824. The molecule has 8 heteroatoms. The van der Waals surface area contributed by atoms with Crippen molar-refractivity contribution in [2.75, 3.05) is 33.7 Å². The molecule has 1 N–H and O–H groups in total. The molecular formula is C17H29ClN4O3. The second kappa shape index (κ2) is 7.91. The van der Waals surface area contributed by atoms with E-state index in [1.54, 1.807) is 16.8 Å². The zero-order valence-electron chi connectivity index (χ0n) is 15.1. The molecule has 7 nitrogen and oxygen atoms in total. The number of carbonyl (C=O) groups excluding carboxylic acids is 3. The summed E-state index contributed by atoms with van der Waals surface area (Å²) < 4.78 is 0. The fourth-order valence-electron chi connectivity index (χ4n) is 4.35. The monoisotopic (exact) mass is 372 g/mol. The number of imide groups is 1. The maximum absolute atomic E-state index is 12.9. The predicted molar refractivity (Wildman–Crippen MR) is 96.6 cm³/mol. The van der Waals surface area contributed by atoms with Crippen molar-refractivity contribution in [3.8, 4) is 0 Å². The summed E-state index contributed by atoms with van der Waals surface area (Å²) in [5.41, 5.74) is -0.703. The van der Waals surface area contributed by atoms with Crippen LogP contribution in [0.15, 0.2) is 0 Å². The van der Waals surface area contributed by atoms with E-state index >= 15 is 0 Å². The smallest absolute Gasteiger partial charge is 0.327 e. The van der Waals surface area contributed by atoms with Crippen LogP contribution in [-0.4, -0.2) is 77.9 Å². The van der Waals surface area contributed by atoms with Crippen molar-refractivity contribution in [2.24, 2.45) is 0 Å². The van der Waals surface area contributed by atoms with Crippen molar-refractivity contribution < 1.29 is 14.4 Å². The molecule has 3 rings (SSSR count). The lowest BCUT2D eigenvalue weighted by Crippen LogP contribution is -2.51. The third-order valence-electron chi connectivity index (χ3n) is 5.96. The predicted octanol–water partition coefficient (Wildman–Crippen LogP) is 1.22. The molecule has 0 aromatic rings. The van der Waals surface area contributed by atoms with E-state index in [0.29, 0.717) is 32.0 Å². The molecule has 2 aliphatic heterocycles. The van der Waals surface area contributed by atoms with Crippen molar-refractivity contribution in [1.29, 1.82) is 0 Å². The molecule has 0 aromatic carbocycles. The molecule has 0 bridgehead atoms. The fourth-order valence-corrected chi connectivity index (χ4v) is 4.35. The van der Waals surface area contributed by atoms with Crippen molar-refractivity contribution in [2.45, 2.75) is 56.5 Å². The molecule has 1 atom stereocenters. The van der Waals surface area contributed by atoms with Crippen LogP contribution in [0.5, 0.6) is 0 Å². The summed E-state index contributed by atoms with van der Waals surface area (Å²) in [7, 11) is 3.60. The Morgan fingerprint density at radius 1 is 1.20 bits per heavy atom. The summed E-state index contributed by atoms with van der Waals surface area (Å²) >= 11 is 0. The number of nitrogens with one attached hydrogen (secondary N) is 1. The van der Waals surface area contributed by atoms with Crippen LogP contribution in [0.3, 0.4) is 0 Å². The van der Waals surface area contributed by atoms with Gasteiger partial charge in [-0.1, -0.05) is 19.3 Å². The van der Waals surface area contributed by atoms with E-state index in [0.717, 1.165) is 32.1 Å². The molecule has 142 valence electrons. The van der Waals surface area contributed by atoms with Crippen molar-refractivity contribution in [3.05, 3.63) is 0 Å². The van der Waals surface area contributed by atoms with Crippen LogP contribution in [0.25, 0.3) is 0 Å². The van der Waals surface area contributed by atoms with Gasteiger partial charge in [-0.3, -0.25) is 14.5 Å². The highest BCUT2D eigenvalue weighted by molar-refractivity contribution is 6.08. The van der Waals surface area contributed by atoms with Gasteiger partial charge in [-0.15, -0.1) is 12.4 Å². The Hall–Kier alpha value is -1.34. The van der Waals surface area contributed by atoms with Crippen LogP contribution in [0, 0.1) is 0 Å². The lowest BCUT2D eigenvalue weighted by atomic mass is 9.81. The van der Waals surface area contributed by atoms with Gasteiger partial charge in [-0.05, 0) is 32.7 Å². The third kappa shape index (κ3) is 3.49. The van der Waals surface area contributed by atoms with E-state index in [4.69, 9.17) is 0 Å². The number of likely N-dealkylation sites (tertiary alicyclic amines) is 1. The highest BCUT2D eigenvalue weighted by atomic mass is 35.5. The largest absolute Gasteiger partial charge is 0.340 e. The minimum atomic E-state index is -0.703. The average Bonchev–Trinajstić information content (AvgIpc) is 2.79. The second-order valence-electron chi connectivity index (χ2n) is 7.29. The molecule has 1 spiro atoms.